The van der Waals surface area contributed by atoms with E-state index >= 15 is 0 Å². The molecule has 29 heavy (non-hydrogen) atoms. The van der Waals surface area contributed by atoms with Gasteiger partial charge in [-0.15, -0.1) is 11.3 Å². The fourth-order valence-corrected chi connectivity index (χ4v) is 4.91. The quantitative estimate of drug-likeness (QED) is 0.548. The van der Waals surface area contributed by atoms with Gasteiger partial charge in [-0.05, 0) is 38.2 Å². The van der Waals surface area contributed by atoms with Crippen molar-refractivity contribution in [3.63, 3.8) is 0 Å². The van der Waals surface area contributed by atoms with Crippen molar-refractivity contribution < 1.29 is 19.6 Å². The largest absolute Gasteiger partial charge is 0.383 e. The second kappa shape index (κ2) is 10.5. The maximum absolute atomic E-state index is 12.8. The van der Waals surface area contributed by atoms with Crippen LogP contribution >= 0.6 is 11.3 Å². The van der Waals surface area contributed by atoms with Crippen molar-refractivity contribution in [1.82, 2.24) is 5.32 Å². The van der Waals surface area contributed by atoms with Gasteiger partial charge in [0.25, 0.3) is 11.8 Å². The Morgan fingerprint density at radius 3 is 2.72 bits per heavy atom. The highest BCUT2D eigenvalue weighted by Crippen LogP contribution is 2.38. The Balaban J connectivity index is 1.66. The van der Waals surface area contributed by atoms with E-state index in [2.05, 4.69) is 29.7 Å². The Bertz CT molecular complexity index is 835. The summed E-state index contributed by atoms with van der Waals surface area (Å²) >= 11 is 1.55. The number of quaternary nitrogens is 1. The van der Waals surface area contributed by atoms with Crippen LogP contribution in [-0.2, 0) is 22.4 Å². The van der Waals surface area contributed by atoms with Crippen LogP contribution in [0.25, 0.3) is 0 Å². The number of anilines is 1. The normalized spacial score (nSPS) is 14.1. The molecule has 0 saturated heterocycles. The third-order valence-corrected chi connectivity index (χ3v) is 6.43. The Morgan fingerprint density at radius 2 is 1.97 bits per heavy atom. The Kier molecular flexibility index (Phi) is 7.80. The molecule has 0 saturated carbocycles. The third-order valence-electron chi connectivity index (χ3n) is 5.23. The smallest absolute Gasteiger partial charge is 0.280 e. The number of methoxy groups -OCH3 is 1. The number of hydrogen-bond donors (Lipinski definition) is 3. The molecule has 0 aliphatic heterocycles. The zero-order chi connectivity index (χ0) is 20.6. The van der Waals surface area contributed by atoms with Crippen molar-refractivity contribution in [2.45, 2.75) is 38.6 Å². The van der Waals surface area contributed by atoms with Gasteiger partial charge in [0.15, 0.2) is 6.54 Å². The van der Waals surface area contributed by atoms with Gasteiger partial charge < -0.3 is 20.7 Å². The van der Waals surface area contributed by atoms with E-state index in [0.717, 1.165) is 31.2 Å². The first kappa shape index (κ1) is 21.5. The summed E-state index contributed by atoms with van der Waals surface area (Å²) in [7, 11) is 1.61. The van der Waals surface area contributed by atoms with Crippen molar-refractivity contribution in [1.29, 1.82) is 0 Å². The average Bonchev–Trinajstić information content (AvgIpc) is 3.10. The summed E-state index contributed by atoms with van der Waals surface area (Å²) in [5.74, 6) is -0.212. The number of aryl methyl sites for hydroxylation is 1. The number of benzene rings is 1. The van der Waals surface area contributed by atoms with E-state index < -0.39 is 0 Å². The lowest BCUT2D eigenvalue weighted by molar-refractivity contribution is -0.682. The first-order valence-electron chi connectivity index (χ1n) is 10.2. The lowest BCUT2D eigenvalue weighted by Crippen LogP contribution is -2.86. The van der Waals surface area contributed by atoms with Crippen molar-refractivity contribution in [2.24, 2.45) is 0 Å². The van der Waals surface area contributed by atoms with Crippen LogP contribution in [0.15, 0.2) is 30.3 Å². The van der Waals surface area contributed by atoms with Gasteiger partial charge >= 0.3 is 0 Å². The molecular weight excluding hydrogens is 386 g/mol. The lowest BCUT2D eigenvalue weighted by atomic mass is 9.95. The Morgan fingerprint density at radius 1 is 1.21 bits per heavy atom. The predicted molar refractivity (Wildman–Crippen MR) is 115 cm³/mol. The second-order valence-electron chi connectivity index (χ2n) is 7.35. The fourth-order valence-electron chi connectivity index (χ4n) is 3.60. The van der Waals surface area contributed by atoms with Gasteiger partial charge in [0.1, 0.15) is 11.0 Å². The molecule has 1 aromatic heterocycles. The number of carbonyl (C=O) groups excluding carboxylic acids is 2. The van der Waals surface area contributed by atoms with E-state index in [1.165, 1.54) is 10.4 Å². The minimum absolute atomic E-state index is 0.0858. The molecule has 4 N–H and O–H groups in total. The van der Waals surface area contributed by atoms with E-state index in [1.807, 2.05) is 23.5 Å². The first-order valence-corrected chi connectivity index (χ1v) is 11.0. The van der Waals surface area contributed by atoms with E-state index in [0.29, 0.717) is 30.3 Å². The van der Waals surface area contributed by atoms with Crippen LogP contribution < -0.4 is 16.0 Å². The summed E-state index contributed by atoms with van der Waals surface area (Å²) in [5.41, 5.74) is 2.93. The summed E-state index contributed by atoms with van der Waals surface area (Å²) in [4.78, 5) is 26.6. The van der Waals surface area contributed by atoms with Crippen LogP contribution in [0.2, 0.25) is 0 Å². The van der Waals surface area contributed by atoms with Crippen LogP contribution in [0.1, 0.15) is 52.2 Å². The molecule has 6 nitrogen and oxygen atoms in total. The predicted octanol–water partition coefficient (Wildman–Crippen LogP) is 2.27. The molecule has 0 fully saturated rings. The number of fused-ring (bicyclic) bond motifs is 1. The number of nitrogens with one attached hydrogen (secondary N) is 2. The number of ether oxygens (including phenoxy) is 1. The first-order chi connectivity index (χ1) is 14.1. The van der Waals surface area contributed by atoms with Crippen LogP contribution in [-0.4, -0.2) is 38.6 Å². The SMILES string of the molecule is COCCNC(=O)c1c(NC(=O)C[NH2+][C@@H](C)c2ccccc2)sc2c1CCCC2. The standard InChI is InChI=1S/C22H29N3O3S/c1-15(16-8-4-3-5-9-16)24-14-19(26)25-22-20(21(27)23-12-13-28-2)17-10-6-7-11-18(17)29-22/h3-5,8-9,15,24H,6-7,10-14H2,1-2H3,(H,23,27)(H,25,26)/p+1/t15-/m0/s1. The van der Waals surface area contributed by atoms with Crippen molar-refractivity contribution in [2.75, 3.05) is 32.1 Å². The third kappa shape index (κ3) is 5.65. The highest BCUT2D eigenvalue weighted by molar-refractivity contribution is 7.17. The number of nitrogens with two attached hydrogens (primary N) is 1. The van der Waals surface area contributed by atoms with Crippen molar-refractivity contribution >= 4 is 28.2 Å². The van der Waals surface area contributed by atoms with E-state index in [9.17, 15) is 9.59 Å². The maximum Gasteiger partial charge on any atom is 0.280 e. The Labute approximate surface area is 176 Å². The molecule has 0 bridgehead atoms. The van der Waals surface area contributed by atoms with Crippen LogP contribution in [0.3, 0.4) is 0 Å². The van der Waals surface area contributed by atoms with Gasteiger partial charge in [0.2, 0.25) is 0 Å². The number of carbonyl (C=O) groups is 2. The van der Waals surface area contributed by atoms with Gasteiger partial charge in [-0.1, -0.05) is 30.3 Å². The molecule has 1 aromatic carbocycles. The molecular formula is C22H30N3O3S+. The van der Waals surface area contributed by atoms with Gasteiger partial charge in [0, 0.05) is 24.1 Å². The van der Waals surface area contributed by atoms with Gasteiger partial charge in [0.05, 0.1) is 12.2 Å². The topological polar surface area (TPSA) is 84.0 Å². The number of thiophene rings is 1. The summed E-state index contributed by atoms with van der Waals surface area (Å²) in [6.45, 7) is 3.31. The van der Waals surface area contributed by atoms with Crippen LogP contribution in [0, 0.1) is 0 Å². The fraction of sp³-hybridized carbons (Fsp3) is 0.455. The van der Waals surface area contributed by atoms with Crippen LogP contribution in [0.4, 0.5) is 5.00 Å². The molecule has 0 radical (unpaired) electrons. The molecule has 7 heteroatoms. The van der Waals surface area contributed by atoms with E-state index in [-0.39, 0.29) is 17.9 Å². The highest BCUT2D eigenvalue weighted by atomic mass is 32.1. The zero-order valence-electron chi connectivity index (χ0n) is 17.1. The molecule has 1 aliphatic carbocycles. The summed E-state index contributed by atoms with van der Waals surface area (Å²) < 4.78 is 5.02. The van der Waals surface area contributed by atoms with E-state index in [4.69, 9.17) is 4.74 Å². The molecule has 0 spiro atoms. The van der Waals surface area contributed by atoms with Gasteiger partial charge in [-0.25, -0.2) is 0 Å². The Hall–Kier alpha value is -2.22. The summed E-state index contributed by atoms with van der Waals surface area (Å²) in [6.07, 6.45) is 4.09. The van der Waals surface area contributed by atoms with Crippen LogP contribution in [0.5, 0.6) is 0 Å². The number of hydrogen-bond acceptors (Lipinski definition) is 4. The zero-order valence-corrected chi connectivity index (χ0v) is 17.9. The molecule has 156 valence electrons. The maximum atomic E-state index is 12.8. The number of amides is 2. The van der Waals surface area contributed by atoms with Gasteiger partial charge in [-0.2, -0.15) is 0 Å². The molecule has 1 atom stereocenters. The molecule has 3 rings (SSSR count). The monoisotopic (exact) mass is 416 g/mol. The second-order valence-corrected chi connectivity index (χ2v) is 8.46. The van der Waals surface area contributed by atoms with Gasteiger partial charge in [-0.3, -0.25) is 9.59 Å². The summed E-state index contributed by atoms with van der Waals surface area (Å²) in [5, 5.41) is 8.60. The lowest BCUT2D eigenvalue weighted by Gasteiger charge is -2.13. The minimum atomic E-state index is -0.126. The molecule has 1 aliphatic rings. The molecule has 2 amide bonds. The van der Waals surface area contributed by atoms with Crippen molar-refractivity contribution in [3.05, 3.63) is 51.9 Å². The summed E-state index contributed by atoms with van der Waals surface area (Å²) in [6, 6.07) is 10.3. The molecule has 1 heterocycles. The molecule has 0 unspecified atom stereocenters. The van der Waals surface area contributed by atoms with E-state index in [1.54, 1.807) is 18.4 Å². The van der Waals surface area contributed by atoms with Crippen molar-refractivity contribution in [3.8, 4) is 0 Å². The number of rotatable bonds is 9. The average molecular weight is 417 g/mol. The minimum Gasteiger partial charge on any atom is -0.383 e. The molecule has 2 aromatic rings. The highest BCUT2D eigenvalue weighted by Gasteiger charge is 2.26.